The second-order valence-electron chi connectivity index (χ2n) is 5.62. The van der Waals surface area contributed by atoms with Crippen molar-refractivity contribution in [1.29, 1.82) is 0 Å². The molecule has 86 valence electrons. The van der Waals surface area contributed by atoms with E-state index in [0.29, 0.717) is 0 Å². The minimum atomic E-state index is -0.659. The Labute approximate surface area is 96.3 Å². The van der Waals surface area contributed by atoms with Gasteiger partial charge in [0.05, 0.1) is 5.92 Å². The van der Waals surface area contributed by atoms with Gasteiger partial charge in [0.15, 0.2) is 0 Å². The van der Waals surface area contributed by atoms with E-state index >= 15 is 0 Å². The minimum Gasteiger partial charge on any atom is -0.481 e. The van der Waals surface area contributed by atoms with Crippen molar-refractivity contribution in [3.8, 4) is 0 Å². The molecule has 1 aliphatic rings. The SMILES string of the molecule is CC(C)(C)c1ccccc1C1CC1C(=O)O. The van der Waals surface area contributed by atoms with Crippen LogP contribution in [0.2, 0.25) is 0 Å². The fourth-order valence-corrected chi connectivity index (χ4v) is 2.31. The average Bonchev–Trinajstić information content (AvgIpc) is 2.95. The van der Waals surface area contributed by atoms with Gasteiger partial charge in [-0.3, -0.25) is 4.79 Å². The normalized spacial score (nSPS) is 24.2. The van der Waals surface area contributed by atoms with Gasteiger partial charge in [-0.2, -0.15) is 0 Å². The lowest BCUT2D eigenvalue weighted by atomic mass is 9.82. The molecule has 1 fully saturated rings. The van der Waals surface area contributed by atoms with E-state index in [4.69, 9.17) is 5.11 Å². The Morgan fingerprint density at radius 1 is 1.31 bits per heavy atom. The van der Waals surface area contributed by atoms with Crippen LogP contribution >= 0.6 is 0 Å². The zero-order chi connectivity index (χ0) is 11.9. The van der Waals surface area contributed by atoms with Gasteiger partial charge in [-0.1, -0.05) is 45.0 Å². The molecule has 1 aliphatic carbocycles. The summed E-state index contributed by atoms with van der Waals surface area (Å²) >= 11 is 0. The summed E-state index contributed by atoms with van der Waals surface area (Å²) in [6, 6.07) is 8.23. The Kier molecular flexibility index (Phi) is 2.53. The van der Waals surface area contributed by atoms with Crippen LogP contribution in [0.3, 0.4) is 0 Å². The standard InChI is InChI=1S/C14H18O2/c1-14(2,3)12-7-5-4-6-9(12)10-8-11(10)13(15)16/h4-7,10-11H,8H2,1-3H3,(H,15,16). The van der Waals surface area contributed by atoms with E-state index in [1.807, 2.05) is 12.1 Å². The van der Waals surface area contributed by atoms with Gasteiger partial charge in [0.25, 0.3) is 0 Å². The van der Waals surface area contributed by atoms with Gasteiger partial charge >= 0.3 is 5.97 Å². The van der Waals surface area contributed by atoms with E-state index in [1.165, 1.54) is 11.1 Å². The Bertz CT molecular complexity index is 415. The first kappa shape index (κ1) is 11.2. The van der Waals surface area contributed by atoms with E-state index in [0.717, 1.165) is 6.42 Å². The Balaban J connectivity index is 2.33. The third-order valence-electron chi connectivity index (χ3n) is 3.28. The van der Waals surface area contributed by atoms with Crippen molar-refractivity contribution in [1.82, 2.24) is 0 Å². The summed E-state index contributed by atoms with van der Waals surface area (Å²) in [5.41, 5.74) is 2.59. The molecule has 0 saturated heterocycles. The molecule has 0 aliphatic heterocycles. The molecular formula is C14H18O2. The van der Waals surface area contributed by atoms with Crippen LogP contribution in [-0.4, -0.2) is 11.1 Å². The molecular weight excluding hydrogens is 200 g/mol. The van der Waals surface area contributed by atoms with Crippen LogP contribution in [0, 0.1) is 5.92 Å². The first-order valence-corrected chi connectivity index (χ1v) is 5.73. The molecule has 0 heterocycles. The van der Waals surface area contributed by atoms with E-state index in [1.54, 1.807) is 0 Å². The van der Waals surface area contributed by atoms with Crippen molar-refractivity contribution in [2.24, 2.45) is 5.92 Å². The molecule has 1 aromatic carbocycles. The lowest BCUT2D eigenvalue weighted by molar-refractivity contribution is -0.138. The number of carbonyl (C=O) groups is 1. The summed E-state index contributed by atoms with van der Waals surface area (Å²) in [7, 11) is 0. The summed E-state index contributed by atoms with van der Waals surface area (Å²) in [5.74, 6) is -0.592. The van der Waals surface area contributed by atoms with Gasteiger partial charge in [-0.25, -0.2) is 0 Å². The molecule has 0 aromatic heterocycles. The van der Waals surface area contributed by atoms with Crippen LogP contribution in [0.1, 0.15) is 44.2 Å². The van der Waals surface area contributed by atoms with E-state index < -0.39 is 5.97 Å². The van der Waals surface area contributed by atoms with Gasteiger partial charge in [0.1, 0.15) is 0 Å². The number of hydrogen-bond acceptors (Lipinski definition) is 1. The number of carboxylic acid groups (broad SMARTS) is 1. The van der Waals surface area contributed by atoms with Gasteiger partial charge in [0.2, 0.25) is 0 Å². The number of hydrogen-bond donors (Lipinski definition) is 1. The number of benzene rings is 1. The third-order valence-corrected chi connectivity index (χ3v) is 3.28. The zero-order valence-corrected chi connectivity index (χ0v) is 10.0. The predicted octanol–water partition coefficient (Wildman–Crippen LogP) is 3.17. The van der Waals surface area contributed by atoms with Crippen LogP contribution in [0.5, 0.6) is 0 Å². The molecule has 2 unspecified atom stereocenters. The van der Waals surface area contributed by atoms with Crippen molar-refractivity contribution in [3.05, 3.63) is 35.4 Å². The second-order valence-corrected chi connectivity index (χ2v) is 5.62. The van der Waals surface area contributed by atoms with Crippen molar-refractivity contribution in [3.63, 3.8) is 0 Å². The molecule has 0 spiro atoms. The lowest BCUT2D eigenvalue weighted by Crippen LogP contribution is -2.14. The fraction of sp³-hybridized carbons (Fsp3) is 0.500. The molecule has 0 radical (unpaired) electrons. The van der Waals surface area contributed by atoms with Gasteiger partial charge in [-0.05, 0) is 28.9 Å². The van der Waals surface area contributed by atoms with Crippen molar-refractivity contribution in [2.45, 2.75) is 38.5 Å². The molecule has 2 rings (SSSR count). The van der Waals surface area contributed by atoms with Crippen LogP contribution in [0.25, 0.3) is 0 Å². The van der Waals surface area contributed by atoms with Crippen LogP contribution in [-0.2, 0) is 10.2 Å². The summed E-state index contributed by atoms with van der Waals surface area (Å²) in [5, 5.41) is 8.98. The molecule has 2 nitrogen and oxygen atoms in total. The Morgan fingerprint density at radius 2 is 1.94 bits per heavy atom. The molecule has 16 heavy (non-hydrogen) atoms. The quantitative estimate of drug-likeness (QED) is 0.827. The summed E-state index contributed by atoms with van der Waals surface area (Å²) in [6.45, 7) is 6.51. The molecule has 0 amide bonds. The maximum absolute atomic E-state index is 10.9. The van der Waals surface area contributed by atoms with E-state index in [2.05, 4.69) is 32.9 Å². The fourth-order valence-electron chi connectivity index (χ4n) is 2.31. The summed E-state index contributed by atoms with van der Waals surface area (Å²) in [6.07, 6.45) is 0.794. The second kappa shape index (κ2) is 3.62. The van der Waals surface area contributed by atoms with Crippen LogP contribution < -0.4 is 0 Å². The van der Waals surface area contributed by atoms with Gasteiger partial charge < -0.3 is 5.11 Å². The maximum Gasteiger partial charge on any atom is 0.307 e. The van der Waals surface area contributed by atoms with Gasteiger partial charge in [-0.15, -0.1) is 0 Å². The molecule has 1 saturated carbocycles. The Morgan fingerprint density at radius 3 is 2.44 bits per heavy atom. The molecule has 0 bridgehead atoms. The highest BCUT2D eigenvalue weighted by Gasteiger charge is 2.45. The van der Waals surface area contributed by atoms with Crippen LogP contribution in [0.4, 0.5) is 0 Å². The largest absolute Gasteiger partial charge is 0.481 e. The highest BCUT2D eigenvalue weighted by atomic mass is 16.4. The summed E-state index contributed by atoms with van der Waals surface area (Å²) < 4.78 is 0. The van der Waals surface area contributed by atoms with E-state index in [9.17, 15) is 4.79 Å². The first-order valence-electron chi connectivity index (χ1n) is 5.73. The molecule has 2 heteroatoms. The lowest BCUT2D eigenvalue weighted by Gasteiger charge is -2.22. The highest BCUT2D eigenvalue weighted by Crippen LogP contribution is 2.50. The van der Waals surface area contributed by atoms with Crippen molar-refractivity contribution < 1.29 is 9.90 Å². The predicted molar refractivity (Wildman–Crippen MR) is 63.6 cm³/mol. The van der Waals surface area contributed by atoms with Crippen molar-refractivity contribution in [2.75, 3.05) is 0 Å². The molecule has 2 atom stereocenters. The first-order chi connectivity index (χ1) is 7.41. The monoisotopic (exact) mass is 218 g/mol. The number of carboxylic acids is 1. The summed E-state index contributed by atoms with van der Waals surface area (Å²) in [4.78, 5) is 10.9. The highest BCUT2D eigenvalue weighted by molar-refractivity contribution is 5.75. The topological polar surface area (TPSA) is 37.3 Å². The number of aliphatic carboxylic acids is 1. The average molecular weight is 218 g/mol. The maximum atomic E-state index is 10.9. The van der Waals surface area contributed by atoms with E-state index in [-0.39, 0.29) is 17.3 Å². The van der Waals surface area contributed by atoms with Gasteiger partial charge in [0, 0.05) is 0 Å². The smallest absolute Gasteiger partial charge is 0.307 e. The molecule has 1 N–H and O–H groups in total. The zero-order valence-electron chi connectivity index (χ0n) is 10.0. The third kappa shape index (κ3) is 1.97. The number of rotatable bonds is 2. The minimum absolute atomic E-state index is 0.0856. The Hall–Kier alpha value is -1.31. The van der Waals surface area contributed by atoms with Crippen LogP contribution in [0.15, 0.2) is 24.3 Å². The molecule has 1 aromatic rings. The van der Waals surface area contributed by atoms with Crippen molar-refractivity contribution >= 4 is 5.97 Å².